The van der Waals surface area contributed by atoms with E-state index in [2.05, 4.69) is 5.10 Å². The van der Waals surface area contributed by atoms with Gasteiger partial charge in [0.25, 0.3) is 0 Å². The summed E-state index contributed by atoms with van der Waals surface area (Å²) in [6.45, 7) is 0.354. The Hall–Kier alpha value is -2.24. The molecule has 0 radical (unpaired) electrons. The smallest absolute Gasteiger partial charge is 0.436 e. The van der Waals surface area contributed by atoms with Crippen LogP contribution in [0.1, 0.15) is 11.4 Å². The molecule has 0 unspecified atom stereocenters. The predicted octanol–water partition coefficient (Wildman–Crippen LogP) is 3.16. The number of aromatic nitrogens is 2. The highest BCUT2D eigenvalue weighted by Crippen LogP contribution is 2.36. The molecule has 1 fully saturated rings. The fourth-order valence-corrected chi connectivity index (χ4v) is 3.87. The number of nitrogens with zero attached hydrogens (tertiary/aromatic N) is 4. The number of methoxy groups -OCH3 is 1. The summed E-state index contributed by atoms with van der Waals surface area (Å²) in [5, 5.41) is 2.97. The van der Waals surface area contributed by atoms with E-state index in [9.17, 15) is 22.4 Å². The molecule has 13 heteroatoms. The lowest BCUT2D eigenvalue weighted by Crippen LogP contribution is -2.50. The highest BCUT2D eigenvalue weighted by Gasteiger charge is 2.39. The molecular formula is C18H19Cl2F4N5O2. The lowest BCUT2D eigenvalue weighted by Gasteiger charge is -2.36. The predicted molar refractivity (Wildman–Crippen MR) is 107 cm³/mol. The lowest BCUT2D eigenvalue weighted by molar-refractivity contribution is -0.142. The van der Waals surface area contributed by atoms with E-state index >= 15 is 0 Å². The molecule has 1 saturated heterocycles. The molecule has 0 aliphatic carbocycles. The Morgan fingerprint density at radius 2 is 1.87 bits per heavy atom. The summed E-state index contributed by atoms with van der Waals surface area (Å²) in [6, 6.07) is 2.63. The molecule has 1 aromatic heterocycles. The van der Waals surface area contributed by atoms with Gasteiger partial charge in [0, 0.05) is 38.8 Å². The van der Waals surface area contributed by atoms with Crippen LogP contribution in [0.5, 0.6) is 5.75 Å². The zero-order valence-electron chi connectivity index (χ0n) is 16.3. The first kappa shape index (κ1) is 23.4. The number of carbonyl (C=O) groups is 1. The standard InChI is InChI=1S/C18H19Cl2F4N5O2/c1-31-14-7-12(11(21)6-10(14)19)27-2-4-28(5-3-27)15(30)9-29-13(8-25)16(20)17(26-29)18(22,23)24/h6-7H,2-5,8-9,25H2,1H3. The second-order valence-corrected chi connectivity index (χ2v) is 7.56. The van der Waals surface area contributed by atoms with Gasteiger partial charge in [-0.3, -0.25) is 9.48 Å². The molecule has 0 saturated carbocycles. The number of halogens is 6. The van der Waals surface area contributed by atoms with Crippen molar-refractivity contribution in [2.45, 2.75) is 19.3 Å². The lowest BCUT2D eigenvalue weighted by atomic mass is 10.2. The van der Waals surface area contributed by atoms with Crippen molar-refractivity contribution < 1.29 is 27.1 Å². The summed E-state index contributed by atoms with van der Waals surface area (Å²) in [5.74, 6) is -0.651. The molecule has 31 heavy (non-hydrogen) atoms. The summed E-state index contributed by atoms with van der Waals surface area (Å²) < 4.78 is 59.4. The van der Waals surface area contributed by atoms with Gasteiger partial charge in [0.1, 0.15) is 18.1 Å². The van der Waals surface area contributed by atoms with Crippen LogP contribution < -0.4 is 15.4 Å². The first-order valence-electron chi connectivity index (χ1n) is 9.15. The fourth-order valence-electron chi connectivity index (χ4n) is 3.32. The van der Waals surface area contributed by atoms with E-state index in [0.717, 1.165) is 10.7 Å². The Labute approximate surface area is 185 Å². The van der Waals surface area contributed by atoms with Crippen molar-refractivity contribution in [1.82, 2.24) is 14.7 Å². The van der Waals surface area contributed by atoms with Crippen LogP contribution >= 0.6 is 23.2 Å². The minimum absolute atomic E-state index is 0.0729. The van der Waals surface area contributed by atoms with Crippen molar-refractivity contribution in [3.8, 4) is 5.75 Å². The van der Waals surface area contributed by atoms with E-state index in [1.807, 2.05) is 0 Å². The topological polar surface area (TPSA) is 76.6 Å². The van der Waals surface area contributed by atoms with Crippen LogP contribution in [0.15, 0.2) is 12.1 Å². The number of hydrogen-bond donors (Lipinski definition) is 1. The van der Waals surface area contributed by atoms with Crippen LogP contribution in [-0.4, -0.2) is 53.9 Å². The number of carbonyl (C=O) groups excluding carboxylic acids is 1. The van der Waals surface area contributed by atoms with E-state index in [1.165, 1.54) is 18.1 Å². The zero-order valence-corrected chi connectivity index (χ0v) is 17.9. The van der Waals surface area contributed by atoms with Gasteiger partial charge >= 0.3 is 6.18 Å². The van der Waals surface area contributed by atoms with Gasteiger partial charge < -0.3 is 20.3 Å². The average Bonchev–Trinajstić information content (AvgIpc) is 3.03. The fraction of sp³-hybridized carbons (Fsp3) is 0.444. The van der Waals surface area contributed by atoms with Crippen LogP contribution in [0, 0.1) is 5.82 Å². The highest BCUT2D eigenvalue weighted by atomic mass is 35.5. The average molecular weight is 484 g/mol. The number of benzene rings is 1. The molecule has 170 valence electrons. The minimum atomic E-state index is -4.76. The summed E-state index contributed by atoms with van der Waals surface area (Å²) in [4.78, 5) is 15.8. The summed E-state index contributed by atoms with van der Waals surface area (Å²) >= 11 is 11.7. The number of rotatable bonds is 5. The summed E-state index contributed by atoms with van der Waals surface area (Å²) in [6.07, 6.45) is -4.76. The number of amides is 1. The second-order valence-electron chi connectivity index (χ2n) is 6.77. The van der Waals surface area contributed by atoms with Gasteiger partial charge in [0.05, 0.1) is 28.5 Å². The number of alkyl halides is 3. The third kappa shape index (κ3) is 4.83. The highest BCUT2D eigenvalue weighted by molar-refractivity contribution is 6.32. The quantitative estimate of drug-likeness (QED) is 0.661. The van der Waals surface area contributed by atoms with Crippen molar-refractivity contribution in [1.29, 1.82) is 0 Å². The summed E-state index contributed by atoms with van der Waals surface area (Å²) in [5.41, 5.74) is 4.43. The van der Waals surface area contributed by atoms with Gasteiger partial charge in [-0.2, -0.15) is 18.3 Å². The molecule has 2 heterocycles. The van der Waals surface area contributed by atoms with Crippen LogP contribution in [0.25, 0.3) is 0 Å². The van der Waals surface area contributed by atoms with Gasteiger partial charge in [0.2, 0.25) is 5.91 Å². The van der Waals surface area contributed by atoms with Crippen LogP contribution in [-0.2, 0) is 24.1 Å². The summed E-state index contributed by atoms with van der Waals surface area (Å²) in [7, 11) is 1.42. The molecule has 1 aliphatic heterocycles. The van der Waals surface area contributed by atoms with Crippen molar-refractivity contribution >= 4 is 34.8 Å². The maximum absolute atomic E-state index is 14.3. The van der Waals surface area contributed by atoms with Gasteiger partial charge in [-0.25, -0.2) is 4.39 Å². The van der Waals surface area contributed by atoms with Crippen LogP contribution in [0.3, 0.4) is 0 Å². The van der Waals surface area contributed by atoms with Crippen molar-refractivity contribution in [3.63, 3.8) is 0 Å². The number of piperazine rings is 1. The van der Waals surface area contributed by atoms with E-state index < -0.39 is 35.2 Å². The van der Waals surface area contributed by atoms with E-state index in [4.69, 9.17) is 33.7 Å². The third-order valence-corrected chi connectivity index (χ3v) is 5.63. The number of hydrogen-bond acceptors (Lipinski definition) is 5. The zero-order chi connectivity index (χ0) is 22.9. The molecule has 7 nitrogen and oxygen atoms in total. The molecule has 0 atom stereocenters. The Kier molecular flexibility index (Phi) is 6.87. The van der Waals surface area contributed by atoms with Crippen molar-refractivity contribution in [2.24, 2.45) is 5.73 Å². The molecular weight excluding hydrogens is 465 g/mol. The molecule has 1 aliphatic rings. The largest absolute Gasteiger partial charge is 0.495 e. The molecule has 1 amide bonds. The molecule has 2 N–H and O–H groups in total. The second kappa shape index (κ2) is 9.09. The van der Waals surface area contributed by atoms with Crippen LogP contribution in [0.2, 0.25) is 10.0 Å². The molecule has 1 aromatic carbocycles. The Morgan fingerprint density at radius 1 is 1.23 bits per heavy atom. The van der Waals surface area contributed by atoms with E-state index in [-0.39, 0.29) is 36.0 Å². The first-order valence-corrected chi connectivity index (χ1v) is 9.90. The third-order valence-electron chi connectivity index (χ3n) is 4.93. The Balaban J connectivity index is 1.69. The monoisotopic (exact) mass is 483 g/mol. The molecule has 2 aromatic rings. The first-order chi connectivity index (χ1) is 14.6. The number of anilines is 1. The van der Waals surface area contributed by atoms with E-state index in [0.29, 0.717) is 18.8 Å². The normalized spacial score (nSPS) is 14.8. The van der Waals surface area contributed by atoms with E-state index in [1.54, 1.807) is 4.90 Å². The van der Waals surface area contributed by atoms with Crippen molar-refractivity contribution in [2.75, 3.05) is 38.2 Å². The van der Waals surface area contributed by atoms with Gasteiger partial charge in [-0.15, -0.1) is 0 Å². The maximum Gasteiger partial charge on any atom is 0.436 e. The minimum Gasteiger partial charge on any atom is -0.495 e. The SMILES string of the molecule is COc1cc(N2CCN(C(=O)Cn3nc(C(F)(F)F)c(Cl)c3CN)CC2)c(F)cc1Cl. The Morgan fingerprint density at radius 3 is 2.42 bits per heavy atom. The molecule has 3 rings (SSSR count). The van der Waals surface area contributed by atoms with Gasteiger partial charge in [-0.1, -0.05) is 23.2 Å². The number of ether oxygens (including phenoxy) is 1. The maximum atomic E-state index is 14.3. The number of nitrogens with two attached hydrogens (primary N) is 1. The van der Waals surface area contributed by atoms with Crippen LogP contribution in [0.4, 0.5) is 23.2 Å². The van der Waals surface area contributed by atoms with Gasteiger partial charge in [0.15, 0.2) is 5.69 Å². The van der Waals surface area contributed by atoms with Crippen molar-refractivity contribution in [3.05, 3.63) is 39.4 Å². The van der Waals surface area contributed by atoms with Gasteiger partial charge in [-0.05, 0) is 6.07 Å². The molecule has 0 spiro atoms. The molecule has 0 bridgehead atoms. The Bertz CT molecular complexity index is 975.